The van der Waals surface area contributed by atoms with Gasteiger partial charge < -0.3 is 10.6 Å². The molecule has 0 aliphatic heterocycles. The fourth-order valence-corrected chi connectivity index (χ4v) is 3.67. The normalized spacial score (nSPS) is 13.4. The highest BCUT2D eigenvalue weighted by Gasteiger charge is 2.29. The lowest BCUT2D eigenvalue weighted by molar-refractivity contribution is 0.262. The molecule has 1 aliphatic carbocycles. The molecule has 0 radical (unpaired) electrons. The summed E-state index contributed by atoms with van der Waals surface area (Å²) in [6.45, 7) is 0. The Labute approximate surface area is 171 Å². The number of pyridine rings is 2. The number of hydrogen-bond acceptors (Lipinski definition) is 4. The molecule has 7 nitrogen and oxygen atoms in total. The number of para-hydroxylation sites is 1. The van der Waals surface area contributed by atoms with Crippen molar-refractivity contribution < 1.29 is 4.79 Å². The minimum Gasteiger partial charge on any atom is -0.306 e. The van der Waals surface area contributed by atoms with Gasteiger partial charge in [-0.25, -0.2) is 14.5 Å². The third kappa shape index (κ3) is 3.52. The van der Waals surface area contributed by atoms with E-state index in [9.17, 15) is 4.79 Å². The summed E-state index contributed by atoms with van der Waals surface area (Å²) in [5, 5.41) is 11.3. The second kappa shape index (κ2) is 7.18. The summed E-state index contributed by atoms with van der Waals surface area (Å²) < 4.78 is 1.56. The van der Waals surface area contributed by atoms with E-state index in [1.165, 1.54) is 0 Å². The van der Waals surface area contributed by atoms with E-state index in [2.05, 4.69) is 31.8 Å². The van der Waals surface area contributed by atoms with Crippen molar-refractivity contribution in [2.24, 2.45) is 0 Å². The highest BCUT2D eigenvalue weighted by Crippen LogP contribution is 2.46. The van der Waals surface area contributed by atoms with Crippen LogP contribution in [0.2, 0.25) is 5.02 Å². The van der Waals surface area contributed by atoms with Gasteiger partial charge in [0.25, 0.3) is 0 Å². The largest absolute Gasteiger partial charge is 0.323 e. The van der Waals surface area contributed by atoms with E-state index < -0.39 is 0 Å². The first-order valence-electron chi connectivity index (χ1n) is 9.30. The summed E-state index contributed by atoms with van der Waals surface area (Å²) in [4.78, 5) is 21.4. The number of nitrogens with zero attached hydrogens (tertiary/aromatic N) is 4. The zero-order valence-corrected chi connectivity index (χ0v) is 16.1. The van der Waals surface area contributed by atoms with Crippen LogP contribution in [0.25, 0.3) is 16.7 Å². The molecule has 1 saturated carbocycles. The molecule has 2 amide bonds. The summed E-state index contributed by atoms with van der Waals surface area (Å²) in [5.74, 6) is 0.958. The highest BCUT2D eigenvalue weighted by atomic mass is 35.5. The molecule has 0 unspecified atom stereocenters. The number of fused-ring (bicyclic) bond motifs is 1. The number of aromatic nitrogens is 4. The number of anilines is 2. The molecule has 0 spiro atoms. The van der Waals surface area contributed by atoms with Crippen LogP contribution < -0.4 is 10.6 Å². The van der Waals surface area contributed by atoms with Crippen molar-refractivity contribution in [3.63, 3.8) is 0 Å². The molecule has 1 aliphatic rings. The zero-order valence-electron chi connectivity index (χ0n) is 15.3. The number of nitrogens with one attached hydrogen (secondary N) is 2. The van der Waals surface area contributed by atoms with Gasteiger partial charge in [-0.2, -0.15) is 5.10 Å². The number of halogens is 1. The van der Waals surface area contributed by atoms with Crippen molar-refractivity contribution in [2.75, 3.05) is 10.6 Å². The van der Waals surface area contributed by atoms with Crippen LogP contribution in [0.1, 0.15) is 24.3 Å². The summed E-state index contributed by atoms with van der Waals surface area (Å²) in [6.07, 6.45) is 8.91. The molecule has 144 valence electrons. The topological polar surface area (TPSA) is 84.7 Å². The first kappa shape index (κ1) is 17.6. The number of carbonyl (C=O) groups excluding carboxylic acids is 1. The Morgan fingerprint density at radius 3 is 2.72 bits per heavy atom. The molecule has 3 aromatic heterocycles. The molecule has 3 heterocycles. The van der Waals surface area contributed by atoms with Crippen LogP contribution >= 0.6 is 11.6 Å². The van der Waals surface area contributed by atoms with Crippen LogP contribution in [-0.4, -0.2) is 25.8 Å². The minimum absolute atomic E-state index is 0.367. The van der Waals surface area contributed by atoms with Crippen LogP contribution in [0.4, 0.5) is 16.2 Å². The van der Waals surface area contributed by atoms with E-state index in [4.69, 9.17) is 11.6 Å². The number of rotatable bonds is 4. The minimum atomic E-state index is -0.367. The second-order valence-electron chi connectivity index (χ2n) is 6.94. The Morgan fingerprint density at radius 1 is 1.10 bits per heavy atom. The zero-order chi connectivity index (χ0) is 19.8. The van der Waals surface area contributed by atoms with Gasteiger partial charge in [0.05, 0.1) is 34.3 Å². The van der Waals surface area contributed by atoms with E-state index in [-0.39, 0.29) is 6.03 Å². The fourth-order valence-electron chi connectivity index (χ4n) is 3.42. The molecule has 0 atom stereocenters. The average molecular weight is 405 g/mol. The molecule has 4 aromatic rings. The van der Waals surface area contributed by atoms with E-state index in [1.807, 2.05) is 18.2 Å². The molecule has 0 saturated heterocycles. The van der Waals surface area contributed by atoms with Crippen molar-refractivity contribution in [3.05, 3.63) is 71.8 Å². The monoisotopic (exact) mass is 404 g/mol. The molecular weight excluding hydrogens is 388 g/mol. The van der Waals surface area contributed by atoms with Gasteiger partial charge >= 0.3 is 6.03 Å². The number of carbonyl (C=O) groups is 1. The van der Waals surface area contributed by atoms with Crippen LogP contribution in [-0.2, 0) is 0 Å². The molecule has 1 aromatic carbocycles. The Morgan fingerprint density at radius 2 is 1.97 bits per heavy atom. The number of hydrogen-bond donors (Lipinski definition) is 2. The Kier molecular flexibility index (Phi) is 4.37. The lowest BCUT2D eigenvalue weighted by Crippen LogP contribution is -2.20. The van der Waals surface area contributed by atoms with E-state index in [1.54, 1.807) is 41.6 Å². The smallest absolute Gasteiger partial charge is 0.306 e. The van der Waals surface area contributed by atoms with Gasteiger partial charge in [0, 0.05) is 17.8 Å². The van der Waals surface area contributed by atoms with Gasteiger partial charge in [-0.3, -0.25) is 4.98 Å². The fraction of sp³-hybridized carbons (Fsp3) is 0.143. The Bertz CT molecular complexity index is 1200. The van der Waals surface area contributed by atoms with Crippen molar-refractivity contribution in [2.45, 2.75) is 18.8 Å². The number of amides is 2. The van der Waals surface area contributed by atoms with Gasteiger partial charge in [0.2, 0.25) is 0 Å². The quantitative estimate of drug-likeness (QED) is 0.501. The molecule has 8 heteroatoms. The van der Waals surface area contributed by atoms with Crippen molar-refractivity contribution in [1.82, 2.24) is 19.7 Å². The van der Waals surface area contributed by atoms with Crippen LogP contribution in [0.15, 0.2) is 61.2 Å². The van der Waals surface area contributed by atoms with Gasteiger partial charge in [-0.05, 0) is 42.5 Å². The summed E-state index contributed by atoms with van der Waals surface area (Å²) in [6, 6.07) is 11.1. The summed E-state index contributed by atoms with van der Waals surface area (Å²) in [5.41, 5.74) is 3.31. The molecule has 1 fully saturated rings. The SMILES string of the molecule is O=C(Nc1cnc(-n2cccn2)c(Cl)c1)Nc1cnc2ccccc2c1C1CC1. The van der Waals surface area contributed by atoms with Crippen molar-refractivity contribution in [1.29, 1.82) is 0 Å². The van der Waals surface area contributed by atoms with E-state index >= 15 is 0 Å². The molecule has 29 heavy (non-hydrogen) atoms. The number of benzene rings is 1. The third-order valence-corrected chi connectivity index (χ3v) is 5.13. The molecule has 2 N–H and O–H groups in total. The van der Waals surface area contributed by atoms with Crippen molar-refractivity contribution in [3.8, 4) is 5.82 Å². The standard InChI is InChI=1S/C21H17ClN6O/c22-16-10-14(11-24-20(16)28-9-3-8-25-28)26-21(29)27-18-12-23-17-5-2-1-4-15(17)19(18)13-6-7-13/h1-5,8-13H,6-7H2,(H2,26,27,29). The highest BCUT2D eigenvalue weighted by molar-refractivity contribution is 6.32. The Balaban J connectivity index is 1.37. The predicted octanol–water partition coefficient (Wildman–Crippen LogP) is 4.99. The molecule has 5 rings (SSSR count). The van der Waals surface area contributed by atoms with Crippen molar-refractivity contribution >= 4 is 39.9 Å². The first-order chi connectivity index (χ1) is 14.2. The van der Waals surface area contributed by atoms with E-state index in [0.717, 1.165) is 35.0 Å². The third-order valence-electron chi connectivity index (χ3n) is 4.85. The first-order valence-corrected chi connectivity index (χ1v) is 9.68. The van der Waals surface area contributed by atoms with Crippen LogP contribution in [0, 0.1) is 0 Å². The van der Waals surface area contributed by atoms with Gasteiger partial charge in [0.15, 0.2) is 5.82 Å². The predicted molar refractivity (Wildman–Crippen MR) is 113 cm³/mol. The van der Waals surface area contributed by atoms with Crippen LogP contribution in [0.5, 0.6) is 0 Å². The summed E-state index contributed by atoms with van der Waals surface area (Å²) in [7, 11) is 0. The average Bonchev–Trinajstić information content (AvgIpc) is 3.41. The molecular formula is C21H17ClN6O. The maximum absolute atomic E-state index is 12.6. The van der Waals surface area contributed by atoms with Gasteiger partial charge in [-0.1, -0.05) is 29.8 Å². The second-order valence-corrected chi connectivity index (χ2v) is 7.34. The lowest BCUT2D eigenvalue weighted by Gasteiger charge is -2.14. The summed E-state index contributed by atoms with van der Waals surface area (Å²) >= 11 is 6.30. The molecule has 0 bridgehead atoms. The maximum atomic E-state index is 12.6. The lowest BCUT2D eigenvalue weighted by atomic mass is 10.0. The van der Waals surface area contributed by atoms with Crippen LogP contribution in [0.3, 0.4) is 0 Å². The van der Waals surface area contributed by atoms with Gasteiger partial charge in [-0.15, -0.1) is 0 Å². The maximum Gasteiger partial charge on any atom is 0.323 e. The van der Waals surface area contributed by atoms with E-state index in [0.29, 0.717) is 22.4 Å². The number of urea groups is 1. The van der Waals surface area contributed by atoms with Gasteiger partial charge in [0.1, 0.15) is 0 Å². The Hall–Kier alpha value is -3.45.